The van der Waals surface area contributed by atoms with Crippen LogP contribution in [-0.2, 0) is 16.0 Å². The number of benzene rings is 1. The van der Waals surface area contributed by atoms with Crippen LogP contribution in [0.3, 0.4) is 0 Å². The zero-order valence-electron chi connectivity index (χ0n) is 11.2. The Kier molecular flexibility index (Phi) is 2.97. The summed E-state index contributed by atoms with van der Waals surface area (Å²) in [7, 11) is 0. The van der Waals surface area contributed by atoms with Gasteiger partial charge in [0.25, 0.3) is 5.91 Å². The van der Waals surface area contributed by atoms with Gasteiger partial charge in [-0.1, -0.05) is 6.07 Å². The lowest BCUT2D eigenvalue weighted by Gasteiger charge is -2.25. The molecule has 2 aliphatic rings. The van der Waals surface area contributed by atoms with Crippen molar-refractivity contribution in [3.63, 3.8) is 0 Å². The van der Waals surface area contributed by atoms with E-state index in [1.165, 1.54) is 11.1 Å². The minimum atomic E-state index is -0.642. The highest BCUT2D eigenvalue weighted by molar-refractivity contribution is 5.85. The van der Waals surface area contributed by atoms with Crippen LogP contribution in [0.1, 0.15) is 43.4 Å². The largest absolute Gasteiger partial charge is 0.399 e. The second-order valence-electron chi connectivity index (χ2n) is 5.71. The molecule has 0 aromatic heterocycles. The summed E-state index contributed by atoms with van der Waals surface area (Å²) in [4.78, 5) is 12.3. The summed E-state index contributed by atoms with van der Waals surface area (Å²) < 4.78 is 5.59. The topological polar surface area (TPSA) is 64.4 Å². The third kappa shape index (κ3) is 2.21. The van der Waals surface area contributed by atoms with E-state index in [0.29, 0.717) is 6.61 Å². The first-order chi connectivity index (χ1) is 9.08. The van der Waals surface area contributed by atoms with Gasteiger partial charge < -0.3 is 15.8 Å². The molecule has 3 rings (SSSR count). The molecule has 2 atom stereocenters. The number of fused-ring (bicyclic) bond motifs is 1. The van der Waals surface area contributed by atoms with E-state index in [4.69, 9.17) is 10.5 Å². The fourth-order valence-electron chi connectivity index (χ4n) is 3.06. The monoisotopic (exact) mass is 260 g/mol. The van der Waals surface area contributed by atoms with Gasteiger partial charge in [-0.2, -0.15) is 0 Å². The normalized spacial score (nSPS) is 29.2. The molecule has 1 aromatic rings. The van der Waals surface area contributed by atoms with Crippen LogP contribution in [0.25, 0.3) is 0 Å². The Morgan fingerprint density at radius 3 is 3.11 bits per heavy atom. The molecule has 1 aliphatic carbocycles. The predicted molar refractivity (Wildman–Crippen MR) is 73.7 cm³/mol. The molecule has 1 fully saturated rings. The van der Waals surface area contributed by atoms with Crippen LogP contribution >= 0.6 is 0 Å². The molecule has 1 heterocycles. The smallest absolute Gasteiger partial charge is 0.252 e. The van der Waals surface area contributed by atoms with Crippen molar-refractivity contribution in [3.8, 4) is 0 Å². The summed E-state index contributed by atoms with van der Waals surface area (Å²) in [6.07, 6.45) is 3.69. The van der Waals surface area contributed by atoms with Gasteiger partial charge in [0.2, 0.25) is 0 Å². The van der Waals surface area contributed by atoms with Crippen LogP contribution in [0.5, 0.6) is 0 Å². The van der Waals surface area contributed by atoms with Gasteiger partial charge in [0.1, 0.15) is 5.60 Å². The van der Waals surface area contributed by atoms with Crippen LogP contribution in [0, 0.1) is 0 Å². The molecular weight excluding hydrogens is 240 g/mol. The first-order valence-corrected chi connectivity index (χ1v) is 6.92. The maximum Gasteiger partial charge on any atom is 0.252 e. The van der Waals surface area contributed by atoms with Crippen molar-refractivity contribution < 1.29 is 9.53 Å². The van der Waals surface area contributed by atoms with Gasteiger partial charge in [-0.3, -0.25) is 4.79 Å². The zero-order valence-corrected chi connectivity index (χ0v) is 11.2. The maximum absolute atomic E-state index is 12.3. The van der Waals surface area contributed by atoms with Crippen molar-refractivity contribution in [2.45, 2.75) is 44.2 Å². The molecule has 1 amide bonds. The van der Waals surface area contributed by atoms with Crippen molar-refractivity contribution in [3.05, 3.63) is 29.3 Å². The molecule has 102 valence electrons. The van der Waals surface area contributed by atoms with Crippen LogP contribution < -0.4 is 11.1 Å². The van der Waals surface area contributed by atoms with Gasteiger partial charge >= 0.3 is 0 Å². The molecule has 19 heavy (non-hydrogen) atoms. The molecular formula is C15H20N2O2. The number of rotatable bonds is 2. The number of hydrogen-bond donors (Lipinski definition) is 2. The SMILES string of the molecule is CC1(C(=O)NC2CCc3cc(N)ccc32)CCCO1. The third-order valence-corrected chi connectivity index (χ3v) is 4.25. The Hall–Kier alpha value is -1.55. The quantitative estimate of drug-likeness (QED) is 0.799. The predicted octanol–water partition coefficient (Wildman–Crippen LogP) is 1.94. The van der Waals surface area contributed by atoms with Crippen molar-refractivity contribution >= 4 is 11.6 Å². The van der Waals surface area contributed by atoms with Gasteiger partial charge in [0.15, 0.2) is 0 Å². The number of ether oxygens (including phenoxy) is 1. The van der Waals surface area contributed by atoms with E-state index in [1.54, 1.807) is 0 Å². The summed E-state index contributed by atoms with van der Waals surface area (Å²) in [5.74, 6) is 0.0136. The molecule has 0 bridgehead atoms. The van der Waals surface area contributed by atoms with Gasteiger partial charge in [-0.15, -0.1) is 0 Å². The molecule has 4 heteroatoms. The lowest BCUT2D eigenvalue weighted by molar-refractivity contribution is -0.140. The van der Waals surface area contributed by atoms with Gasteiger partial charge in [0.05, 0.1) is 6.04 Å². The summed E-state index contributed by atoms with van der Waals surface area (Å²) in [6, 6.07) is 6.04. The molecule has 4 nitrogen and oxygen atoms in total. The molecule has 1 aliphatic heterocycles. The molecule has 3 N–H and O–H groups in total. The number of nitrogens with one attached hydrogen (secondary N) is 1. The minimum absolute atomic E-state index is 0.0136. The number of nitrogen functional groups attached to an aromatic ring is 1. The Balaban J connectivity index is 1.74. The summed E-state index contributed by atoms with van der Waals surface area (Å²) in [5, 5.41) is 3.13. The average Bonchev–Trinajstić information content (AvgIpc) is 2.97. The van der Waals surface area contributed by atoms with E-state index in [0.717, 1.165) is 31.4 Å². The van der Waals surface area contributed by atoms with Gasteiger partial charge in [-0.25, -0.2) is 0 Å². The molecule has 0 spiro atoms. The Bertz CT molecular complexity index is 507. The minimum Gasteiger partial charge on any atom is -0.399 e. The van der Waals surface area contributed by atoms with Gasteiger partial charge in [-0.05, 0) is 55.9 Å². The van der Waals surface area contributed by atoms with Crippen LogP contribution in [0.2, 0.25) is 0 Å². The lowest BCUT2D eigenvalue weighted by Crippen LogP contribution is -2.45. The van der Waals surface area contributed by atoms with Crippen molar-refractivity contribution in [1.29, 1.82) is 0 Å². The Labute approximate surface area is 113 Å². The molecule has 1 aromatic carbocycles. The van der Waals surface area contributed by atoms with Crippen molar-refractivity contribution in [2.75, 3.05) is 12.3 Å². The number of aryl methyl sites for hydroxylation is 1. The molecule has 2 unspecified atom stereocenters. The lowest BCUT2D eigenvalue weighted by atomic mass is 10.0. The first-order valence-electron chi connectivity index (χ1n) is 6.92. The Morgan fingerprint density at radius 2 is 2.37 bits per heavy atom. The fraction of sp³-hybridized carbons (Fsp3) is 0.533. The van der Waals surface area contributed by atoms with E-state index >= 15 is 0 Å². The van der Waals surface area contributed by atoms with E-state index in [1.807, 2.05) is 25.1 Å². The summed E-state index contributed by atoms with van der Waals surface area (Å²) in [6.45, 7) is 2.57. The van der Waals surface area contributed by atoms with E-state index in [-0.39, 0.29) is 11.9 Å². The number of carbonyl (C=O) groups excluding carboxylic acids is 1. The highest BCUT2D eigenvalue weighted by Gasteiger charge is 2.39. The maximum atomic E-state index is 12.3. The molecule has 0 saturated carbocycles. The fourth-order valence-corrected chi connectivity index (χ4v) is 3.06. The standard InChI is InChI=1S/C15H20N2O2/c1-15(7-2-8-19-15)14(18)17-13-6-3-10-9-11(16)4-5-12(10)13/h4-5,9,13H,2-3,6-8,16H2,1H3,(H,17,18). The average molecular weight is 260 g/mol. The van der Waals surface area contributed by atoms with Gasteiger partial charge in [0, 0.05) is 12.3 Å². The first kappa shape index (κ1) is 12.5. The summed E-state index contributed by atoms with van der Waals surface area (Å²) >= 11 is 0. The van der Waals surface area contributed by atoms with E-state index in [9.17, 15) is 4.79 Å². The highest BCUT2D eigenvalue weighted by Crippen LogP contribution is 2.34. The number of hydrogen-bond acceptors (Lipinski definition) is 3. The number of carbonyl (C=O) groups is 1. The zero-order chi connectivity index (χ0) is 13.5. The molecule has 0 radical (unpaired) electrons. The third-order valence-electron chi connectivity index (χ3n) is 4.25. The van der Waals surface area contributed by atoms with Crippen LogP contribution in [0.4, 0.5) is 5.69 Å². The van der Waals surface area contributed by atoms with Crippen molar-refractivity contribution in [1.82, 2.24) is 5.32 Å². The van der Waals surface area contributed by atoms with Crippen LogP contribution in [-0.4, -0.2) is 18.1 Å². The van der Waals surface area contributed by atoms with E-state index < -0.39 is 5.60 Å². The van der Waals surface area contributed by atoms with E-state index in [2.05, 4.69) is 5.32 Å². The Morgan fingerprint density at radius 1 is 1.53 bits per heavy atom. The van der Waals surface area contributed by atoms with Crippen molar-refractivity contribution in [2.24, 2.45) is 0 Å². The number of nitrogens with two attached hydrogens (primary N) is 1. The number of amides is 1. The second-order valence-corrected chi connectivity index (χ2v) is 5.71. The second kappa shape index (κ2) is 4.53. The number of anilines is 1. The summed E-state index contributed by atoms with van der Waals surface area (Å²) in [5.41, 5.74) is 8.39. The van der Waals surface area contributed by atoms with Crippen LogP contribution in [0.15, 0.2) is 18.2 Å². The molecule has 1 saturated heterocycles. The highest BCUT2D eigenvalue weighted by atomic mass is 16.5.